The standard InChI is InChI=1S/C24H31N3O2.C15H16N2O.C13H10N2O3.C13H12N2O.C9H17NO2.CH4/c1-23(2)15-19(24(3,4)27(23)28)17-29-22-13-8-18(9-14-22)7-10-20-11-12-21(16-25-20)26(5)6;1-17(2)14-8-7-13(16-11-14)6-3-12-4-9-15(18)10-5-12;16-13-7-2-10(3-8-13)1-4-11-5-6-12(9-14-11)15(17)18;14-11-4-6-12(15-9-11)5-1-10-2-7-13(16)8-3-10;1-8(2)5-7(6-11)9(3,4)10(8)12;/h7-16,28H,17H2,1-6H3;3-11,18H,1-2H3;1-9,16H;1-9,16H,14H2;5,11-12H,6H2,1-4H3;1H4/b10-7+;6-3+;4-1+;5-1+;;. The molecule has 0 saturated heterocycles. The molecule has 0 unspecified atom stereocenters. The Morgan fingerprint density at radius 2 is 0.809 bits per heavy atom. The molecule has 0 fully saturated rings. The highest BCUT2D eigenvalue weighted by atomic mass is 16.6. The Morgan fingerprint density at radius 3 is 1.07 bits per heavy atom. The van der Waals surface area contributed by atoms with Crippen LogP contribution in [0.1, 0.15) is 108 Å². The van der Waals surface area contributed by atoms with Crippen molar-refractivity contribution in [2.75, 3.05) is 56.9 Å². The number of nitrogen functional groups attached to an aromatic ring is 1. The first-order valence-electron chi connectivity index (χ1n) is 29.9. The van der Waals surface area contributed by atoms with E-state index in [1.165, 1.54) is 22.4 Å². The van der Waals surface area contributed by atoms with Crippen LogP contribution in [0.5, 0.6) is 23.0 Å². The number of pyridine rings is 4. The van der Waals surface area contributed by atoms with E-state index in [2.05, 4.69) is 32.1 Å². The van der Waals surface area contributed by atoms with Crippen molar-refractivity contribution in [2.24, 2.45) is 0 Å². The average molecular weight is 1280 g/mol. The van der Waals surface area contributed by atoms with E-state index in [-0.39, 0.29) is 42.5 Å². The molecule has 2 aliphatic heterocycles. The number of aromatic hydroxyl groups is 3. The van der Waals surface area contributed by atoms with Gasteiger partial charge in [0, 0.05) is 34.3 Å². The van der Waals surface area contributed by atoms with Crippen LogP contribution in [0.25, 0.3) is 48.6 Å². The first-order chi connectivity index (χ1) is 43.9. The summed E-state index contributed by atoms with van der Waals surface area (Å²) in [5.41, 5.74) is 16.0. The quantitative estimate of drug-likeness (QED) is 0.0286. The minimum Gasteiger partial charge on any atom is -0.508 e. The number of phenols is 3. The Kier molecular flexibility index (Phi) is 26.8. The van der Waals surface area contributed by atoms with Crippen molar-refractivity contribution in [3.63, 3.8) is 0 Å². The highest BCUT2D eigenvalue weighted by Gasteiger charge is 2.46. The number of aliphatic hydroxyl groups excluding tert-OH is 1. The summed E-state index contributed by atoms with van der Waals surface area (Å²) in [6.07, 6.45) is 25.9. The molecule has 10 rings (SSSR count). The summed E-state index contributed by atoms with van der Waals surface area (Å²) < 4.78 is 5.97. The Balaban J connectivity index is 0.000000219. The van der Waals surface area contributed by atoms with Crippen molar-refractivity contribution in [3.8, 4) is 23.0 Å². The predicted octanol–water partition coefficient (Wildman–Crippen LogP) is 15.1. The fourth-order valence-corrected chi connectivity index (χ4v) is 9.46. The van der Waals surface area contributed by atoms with Gasteiger partial charge < -0.3 is 51.1 Å². The molecule has 0 aliphatic carbocycles. The van der Waals surface area contributed by atoms with Gasteiger partial charge in [-0.1, -0.05) is 92.4 Å². The highest BCUT2D eigenvalue weighted by Crippen LogP contribution is 2.39. The summed E-state index contributed by atoms with van der Waals surface area (Å²) in [5, 5.41) is 69.8. The number of nitrogens with two attached hydrogens (primary N) is 1. The second-order valence-corrected chi connectivity index (χ2v) is 24.4. The lowest BCUT2D eigenvalue weighted by atomic mass is 9.97. The molecule has 19 nitrogen and oxygen atoms in total. The minimum atomic E-state index is -0.486. The van der Waals surface area contributed by atoms with E-state index in [9.17, 15) is 25.6 Å². The summed E-state index contributed by atoms with van der Waals surface area (Å²) in [7, 11) is 7.98. The van der Waals surface area contributed by atoms with Gasteiger partial charge in [0.1, 0.15) is 35.8 Å². The predicted molar refractivity (Wildman–Crippen MR) is 382 cm³/mol. The van der Waals surface area contributed by atoms with Crippen LogP contribution in [0.4, 0.5) is 22.7 Å². The first kappa shape index (κ1) is 74.4. The number of rotatable bonds is 15. The third-order valence-corrected chi connectivity index (χ3v) is 15.1. The number of aromatic nitrogens is 4. The van der Waals surface area contributed by atoms with Crippen molar-refractivity contribution in [1.29, 1.82) is 0 Å². The van der Waals surface area contributed by atoms with Crippen molar-refractivity contribution in [1.82, 2.24) is 30.1 Å². The maximum atomic E-state index is 10.4. The summed E-state index contributed by atoms with van der Waals surface area (Å²) in [6.45, 7) is 16.1. The Hall–Kier alpha value is -10.3. The number of hydroxylamine groups is 4. The topological polar surface area (TPSA) is 264 Å². The van der Waals surface area contributed by atoms with Crippen LogP contribution >= 0.6 is 0 Å². The van der Waals surface area contributed by atoms with Gasteiger partial charge >= 0.3 is 0 Å². The van der Waals surface area contributed by atoms with Crippen LogP contribution in [0.3, 0.4) is 0 Å². The lowest BCUT2D eigenvalue weighted by Crippen LogP contribution is -2.48. The van der Waals surface area contributed by atoms with Gasteiger partial charge in [-0.25, -0.2) is 4.98 Å². The summed E-state index contributed by atoms with van der Waals surface area (Å²) in [4.78, 5) is 30.9. The molecule has 0 atom stereocenters. The zero-order chi connectivity index (χ0) is 68.1. The van der Waals surface area contributed by atoms with Gasteiger partial charge in [-0.3, -0.25) is 25.1 Å². The van der Waals surface area contributed by atoms with Crippen LogP contribution in [0, 0.1) is 10.1 Å². The van der Waals surface area contributed by atoms with E-state index >= 15 is 0 Å². The SMILES string of the molecule is C.CC1(C)C=C(CO)C(C)(C)N1O.CN(C)c1ccc(/C=C/c2ccc(O)cc2)nc1.CN(C)c1ccc(/C=C/c2ccc(OCC3=CC(C)(C)N(O)C3(C)C)cc2)nc1.Nc1ccc(/C=C/c2ccc(O)cc2)nc1.O=[N+]([O-])c1ccc(/C=C/c2ccc(O)cc2)nc1. The monoisotopic (exact) mass is 1270 g/mol. The normalized spacial score (nSPS) is 15.0. The van der Waals surface area contributed by atoms with Gasteiger partial charge in [-0.2, -0.15) is 10.1 Å². The zero-order valence-electron chi connectivity index (χ0n) is 54.9. The molecule has 494 valence electrons. The molecule has 0 spiro atoms. The van der Waals surface area contributed by atoms with Crippen molar-refractivity contribution >= 4 is 71.4 Å². The molecule has 4 aromatic heterocycles. The van der Waals surface area contributed by atoms with Crippen molar-refractivity contribution < 1.29 is 40.5 Å². The Morgan fingerprint density at radius 1 is 0.479 bits per heavy atom. The average Bonchev–Trinajstić information content (AvgIpc) is 1.63. The molecule has 8 aromatic rings. The third kappa shape index (κ3) is 22.2. The van der Waals surface area contributed by atoms with Crippen LogP contribution < -0.4 is 20.3 Å². The van der Waals surface area contributed by atoms with E-state index in [1.807, 2.05) is 233 Å². The maximum absolute atomic E-state index is 10.4. The molecular formula is C75H90N10O9. The number of nitro groups is 1. The van der Waals surface area contributed by atoms with E-state index in [0.29, 0.717) is 18.0 Å². The number of phenolic OH excluding ortho intramolecular Hbond substituents is 3. The second-order valence-electron chi connectivity index (χ2n) is 24.4. The minimum absolute atomic E-state index is 0. The number of aliphatic hydroxyl groups is 1. The fourth-order valence-electron chi connectivity index (χ4n) is 9.46. The summed E-state index contributed by atoms with van der Waals surface area (Å²) in [6, 6.07) is 43.4. The van der Waals surface area contributed by atoms with Crippen molar-refractivity contribution in [2.45, 2.75) is 85.0 Å². The largest absolute Gasteiger partial charge is 0.508 e. The lowest BCUT2D eigenvalue weighted by molar-refractivity contribution is -0.385. The highest BCUT2D eigenvalue weighted by molar-refractivity contribution is 5.71. The number of nitrogens with zero attached hydrogens (tertiary/aromatic N) is 9. The number of benzene rings is 4. The van der Waals surface area contributed by atoms with Gasteiger partial charge in [-0.15, -0.1) is 0 Å². The van der Waals surface area contributed by atoms with Crippen LogP contribution in [-0.2, 0) is 0 Å². The van der Waals surface area contributed by atoms with Gasteiger partial charge in [0.15, 0.2) is 0 Å². The van der Waals surface area contributed by atoms with Crippen LogP contribution in [-0.4, -0.2) is 129 Å². The second kappa shape index (κ2) is 33.9. The molecule has 2 aliphatic rings. The van der Waals surface area contributed by atoms with Gasteiger partial charge in [0.05, 0.1) is 92.1 Å². The van der Waals surface area contributed by atoms with E-state index in [4.69, 9.17) is 25.8 Å². The number of anilines is 3. The number of ether oxygens (including phenoxy) is 1. The lowest BCUT2D eigenvalue weighted by Gasteiger charge is -2.36. The molecule has 94 heavy (non-hydrogen) atoms. The number of hydrogen-bond acceptors (Lipinski definition) is 18. The Labute approximate surface area is 553 Å². The summed E-state index contributed by atoms with van der Waals surface area (Å²) >= 11 is 0. The third-order valence-electron chi connectivity index (χ3n) is 15.1. The molecule has 8 N–H and O–H groups in total. The van der Waals surface area contributed by atoms with E-state index < -0.39 is 21.5 Å². The molecule has 0 amide bonds. The van der Waals surface area contributed by atoms with Gasteiger partial charge in [0.2, 0.25) is 0 Å². The van der Waals surface area contributed by atoms with Crippen molar-refractivity contribution in [3.05, 3.63) is 249 Å². The number of hydrogen-bond donors (Lipinski definition) is 7. The molecule has 6 heterocycles. The van der Waals surface area contributed by atoms with E-state index in [1.54, 1.807) is 66.9 Å². The fraction of sp³-hybridized carbons (Fsp3) is 0.253. The van der Waals surface area contributed by atoms with Crippen LogP contribution in [0.15, 0.2) is 194 Å². The molecule has 0 radical (unpaired) electrons. The van der Waals surface area contributed by atoms with Crippen LogP contribution in [0.2, 0.25) is 0 Å². The first-order valence-corrected chi connectivity index (χ1v) is 29.9. The molecule has 0 saturated carbocycles. The van der Waals surface area contributed by atoms with Gasteiger partial charge in [-0.05, 0) is 204 Å². The molecule has 4 aromatic carbocycles. The Bertz CT molecular complexity index is 3800. The summed E-state index contributed by atoms with van der Waals surface area (Å²) in [5.74, 6) is 1.56. The maximum Gasteiger partial charge on any atom is 0.287 e. The zero-order valence-corrected chi connectivity index (χ0v) is 54.9. The smallest absolute Gasteiger partial charge is 0.287 e. The molecule has 0 bridgehead atoms. The van der Waals surface area contributed by atoms with Gasteiger partial charge in [0.25, 0.3) is 5.69 Å². The molecular weight excluding hydrogens is 1180 g/mol. The molecule has 19 heteroatoms. The van der Waals surface area contributed by atoms with E-state index in [0.717, 1.165) is 67.6 Å².